The maximum absolute atomic E-state index is 8.54. The van der Waals surface area contributed by atoms with Crippen LogP contribution in [0.5, 0.6) is 0 Å². The van der Waals surface area contributed by atoms with Gasteiger partial charge < -0.3 is 25.4 Å². The standard InChI is InChI=1S/C27H38ClN5O2/c28-24-18-31-27(32-21-8-6-20(7-9-21)29-17-22-3-2-12-35-22)15-23(24)25-4-1-5-26(33-25)30-16-19-10-13-34-14-11-19/h1,4-5,15,18-22,29H,2-3,6-14,16-17H2,(H,30,33)(H,31,32)/t20-,21-,22-/m0/s1/i16D2. The molecule has 3 fully saturated rings. The molecule has 0 aromatic carbocycles. The third-order valence-electron chi connectivity index (χ3n) is 7.24. The summed E-state index contributed by atoms with van der Waals surface area (Å²) in [4.78, 5) is 9.21. The highest BCUT2D eigenvalue weighted by molar-refractivity contribution is 6.33. The van der Waals surface area contributed by atoms with Crippen LogP contribution in [0, 0.1) is 5.92 Å². The minimum absolute atomic E-state index is 0.117. The van der Waals surface area contributed by atoms with E-state index in [9.17, 15) is 0 Å². The molecule has 1 atom stereocenters. The summed E-state index contributed by atoms with van der Waals surface area (Å²) in [5.41, 5.74) is 1.46. The average Bonchev–Trinajstić information content (AvgIpc) is 3.44. The molecule has 1 saturated carbocycles. The van der Waals surface area contributed by atoms with Gasteiger partial charge >= 0.3 is 0 Å². The first-order valence-electron chi connectivity index (χ1n) is 14.1. The van der Waals surface area contributed by atoms with E-state index in [4.69, 9.17) is 28.8 Å². The van der Waals surface area contributed by atoms with Crippen molar-refractivity contribution in [3.05, 3.63) is 35.5 Å². The van der Waals surface area contributed by atoms with Crippen LogP contribution in [0.1, 0.15) is 54.1 Å². The molecule has 0 amide bonds. The van der Waals surface area contributed by atoms with Crippen molar-refractivity contribution < 1.29 is 12.2 Å². The zero-order valence-corrected chi connectivity index (χ0v) is 21.0. The monoisotopic (exact) mass is 501 g/mol. The van der Waals surface area contributed by atoms with Crippen molar-refractivity contribution >= 4 is 23.2 Å². The normalized spacial score (nSPS) is 26.7. The van der Waals surface area contributed by atoms with Crippen molar-refractivity contribution in [1.29, 1.82) is 0 Å². The number of nitrogens with one attached hydrogen (secondary N) is 3. The summed E-state index contributed by atoms with van der Waals surface area (Å²) in [6.07, 6.45) is 10.2. The lowest BCUT2D eigenvalue weighted by Gasteiger charge is -2.30. The molecule has 35 heavy (non-hydrogen) atoms. The Kier molecular flexibility index (Phi) is 7.86. The highest BCUT2D eigenvalue weighted by atomic mass is 35.5. The third kappa shape index (κ3) is 7.06. The molecule has 0 unspecified atom stereocenters. The van der Waals surface area contributed by atoms with E-state index in [-0.39, 0.29) is 5.92 Å². The number of aromatic nitrogens is 2. The molecule has 3 N–H and O–H groups in total. The Hall–Kier alpha value is -1.93. The molecule has 0 radical (unpaired) electrons. The number of halogens is 1. The number of pyridine rings is 2. The number of nitrogens with zero attached hydrogens (tertiary/aromatic N) is 2. The molecule has 190 valence electrons. The van der Waals surface area contributed by atoms with Crippen molar-refractivity contribution in [1.82, 2.24) is 15.3 Å². The van der Waals surface area contributed by atoms with Crippen LogP contribution in [0.15, 0.2) is 30.5 Å². The summed E-state index contributed by atoms with van der Waals surface area (Å²) in [6, 6.07) is 8.43. The minimum Gasteiger partial charge on any atom is -0.381 e. The largest absolute Gasteiger partial charge is 0.381 e. The minimum atomic E-state index is -1.57. The molecule has 2 aromatic heterocycles. The Bertz CT molecular complexity index is 1030. The van der Waals surface area contributed by atoms with Gasteiger partial charge in [-0.1, -0.05) is 17.7 Å². The van der Waals surface area contributed by atoms with Crippen LogP contribution < -0.4 is 16.0 Å². The second-order valence-corrected chi connectivity index (χ2v) is 10.3. The van der Waals surface area contributed by atoms with Gasteiger partial charge in [0.15, 0.2) is 0 Å². The van der Waals surface area contributed by atoms with E-state index < -0.39 is 6.50 Å². The fourth-order valence-electron chi connectivity index (χ4n) is 5.14. The lowest BCUT2D eigenvalue weighted by atomic mass is 9.91. The number of hydrogen-bond donors (Lipinski definition) is 3. The SMILES string of the molecule is [2H]C([2H])(Nc1cccc(-c2cc(N[C@H]3CC[C@H](NC[C@@H]4CCCO4)CC3)ncc2Cl)n1)C1CCOCC1. The maximum Gasteiger partial charge on any atom is 0.126 e. The number of anilines is 2. The zero-order valence-electron chi connectivity index (χ0n) is 22.3. The molecule has 0 spiro atoms. The predicted octanol–water partition coefficient (Wildman–Crippen LogP) is 5.13. The molecule has 4 heterocycles. The molecule has 0 bridgehead atoms. The van der Waals surface area contributed by atoms with E-state index in [0.29, 0.717) is 60.8 Å². The van der Waals surface area contributed by atoms with Crippen LogP contribution in [0.4, 0.5) is 11.6 Å². The van der Waals surface area contributed by atoms with Crippen LogP contribution >= 0.6 is 11.6 Å². The Labute approximate surface area is 216 Å². The summed E-state index contributed by atoms with van der Waals surface area (Å²) in [5, 5.41) is 10.8. The molecule has 2 saturated heterocycles. The quantitative estimate of drug-likeness (QED) is 0.439. The van der Waals surface area contributed by atoms with Gasteiger partial charge in [-0.3, -0.25) is 0 Å². The summed E-state index contributed by atoms with van der Waals surface area (Å²) in [7, 11) is 0. The molecule has 8 heteroatoms. The fraction of sp³-hybridized carbons (Fsp3) is 0.630. The molecule has 1 aliphatic carbocycles. The Morgan fingerprint density at radius 1 is 1.00 bits per heavy atom. The fourth-order valence-corrected chi connectivity index (χ4v) is 5.34. The predicted molar refractivity (Wildman–Crippen MR) is 141 cm³/mol. The molecule has 7 nitrogen and oxygen atoms in total. The number of ether oxygens (including phenoxy) is 2. The van der Waals surface area contributed by atoms with Gasteiger partial charge in [-0.2, -0.15) is 0 Å². The van der Waals surface area contributed by atoms with Gasteiger partial charge in [-0.05, 0) is 75.5 Å². The number of rotatable bonds is 9. The highest BCUT2D eigenvalue weighted by Gasteiger charge is 2.23. The van der Waals surface area contributed by atoms with Gasteiger partial charge in [0.2, 0.25) is 0 Å². The Morgan fingerprint density at radius 2 is 1.83 bits per heavy atom. The zero-order chi connectivity index (χ0) is 25.7. The van der Waals surface area contributed by atoms with E-state index in [1.807, 2.05) is 18.2 Å². The second kappa shape index (κ2) is 12.3. The van der Waals surface area contributed by atoms with Gasteiger partial charge in [-0.15, -0.1) is 0 Å². The van der Waals surface area contributed by atoms with Crippen molar-refractivity contribution in [3.8, 4) is 11.3 Å². The Balaban J connectivity index is 1.19. The molecular formula is C27H38ClN5O2. The van der Waals surface area contributed by atoms with E-state index in [1.165, 1.54) is 12.8 Å². The third-order valence-corrected chi connectivity index (χ3v) is 7.54. The molecule has 2 aliphatic heterocycles. The van der Waals surface area contributed by atoms with Gasteiger partial charge in [0, 0.05) is 59.4 Å². The van der Waals surface area contributed by atoms with Crippen LogP contribution in [0.2, 0.25) is 5.02 Å². The molecule has 5 rings (SSSR count). The first kappa shape index (κ1) is 22.3. The first-order valence-corrected chi connectivity index (χ1v) is 13.4. The lowest BCUT2D eigenvalue weighted by Crippen LogP contribution is -2.40. The van der Waals surface area contributed by atoms with E-state index >= 15 is 0 Å². The van der Waals surface area contributed by atoms with Crippen LogP contribution in [-0.4, -0.2) is 61.0 Å². The molecule has 3 aliphatic rings. The summed E-state index contributed by atoms with van der Waals surface area (Å²) in [5.74, 6) is 1.16. The topological polar surface area (TPSA) is 80.3 Å². The average molecular weight is 502 g/mol. The smallest absolute Gasteiger partial charge is 0.126 e. The van der Waals surface area contributed by atoms with Gasteiger partial charge in [0.05, 0.1) is 16.8 Å². The summed E-state index contributed by atoms with van der Waals surface area (Å²) in [6.45, 7) is 1.48. The van der Waals surface area contributed by atoms with E-state index in [1.54, 1.807) is 12.3 Å². The van der Waals surface area contributed by atoms with Gasteiger partial charge in [0.25, 0.3) is 0 Å². The van der Waals surface area contributed by atoms with E-state index in [2.05, 4.69) is 20.9 Å². The first-order chi connectivity index (χ1) is 18.0. The van der Waals surface area contributed by atoms with Gasteiger partial charge in [0.1, 0.15) is 11.6 Å². The molecular weight excluding hydrogens is 462 g/mol. The summed E-state index contributed by atoms with van der Waals surface area (Å²) < 4.78 is 28.2. The highest BCUT2D eigenvalue weighted by Crippen LogP contribution is 2.30. The van der Waals surface area contributed by atoms with Crippen molar-refractivity contribution in [2.24, 2.45) is 5.92 Å². The van der Waals surface area contributed by atoms with Crippen LogP contribution in [0.3, 0.4) is 0 Å². The van der Waals surface area contributed by atoms with Crippen molar-refractivity contribution in [3.63, 3.8) is 0 Å². The molecule has 2 aromatic rings. The number of hydrogen-bond acceptors (Lipinski definition) is 7. The Morgan fingerprint density at radius 3 is 2.63 bits per heavy atom. The van der Waals surface area contributed by atoms with E-state index in [0.717, 1.165) is 50.2 Å². The lowest BCUT2D eigenvalue weighted by molar-refractivity contribution is 0.0699. The van der Waals surface area contributed by atoms with Crippen molar-refractivity contribution in [2.75, 3.05) is 43.5 Å². The summed E-state index contributed by atoms with van der Waals surface area (Å²) >= 11 is 6.53. The van der Waals surface area contributed by atoms with Crippen molar-refractivity contribution in [2.45, 2.75) is 69.6 Å². The van der Waals surface area contributed by atoms with Gasteiger partial charge in [-0.25, -0.2) is 9.97 Å². The van der Waals surface area contributed by atoms with Crippen LogP contribution in [-0.2, 0) is 9.47 Å². The maximum atomic E-state index is 8.54. The van der Waals surface area contributed by atoms with Crippen LogP contribution in [0.25, 0.3) is 11.3 Å². The second-order valence-electron chi connectivity index (χ2n) is 9.85.